The minimum absolute atomic E-state index is 0.132. The molecule has 0 N–H and O–H groups in total. The number of halogens is 2. The Hall–Kier alpha value is -1.98. The van der Waals surface area contributed by atoms with E-state index < -0.39 is 11.6 Å². The van der Waals surface area contributed by atoms with Gasteiger partial charge in [0.2, 0.25) is 0 Å². The normalized spacial score (nSPS) is 16.6. The van der Waals surface area contributed by atoms with E-state index in [0.717, 1.165) is 6.61 Å². The summed E-state index contributed by atoms with van der Waals surface area (Å²) >= 11 is 0. The predicted octanol–water partition coefficient (Wildman–Crippen LogP) is 3.69. The van der Waals surface area contributed by atoms with E-state index in [1.165, 1.54) is 6.92 Å². The third-order valence-corrected chi connectivity index (χ3v) is 3.46. The number of ether oxygens (including phenoxy) is 3. The molecule has 2 aromatic carbocycles. The average Bonchev–Trinajstić information content (AvgIpc) is 3.35. The van der Waals surface area contributed by atoms with Crippen LogP contribution in [0.2, 0.25) is 0 Å². The maximum atomic E-state index is 13.9. The van der Waals surface area contributed by atoms with Crippen molar-refractivity contribution in [3.05, 3.63) is 53.6 Å². The van der Waals surface area contributed by atoms with Crippen LogP contribution in [0.3, 0.4) is 0 Å². The van der Waals surface area contributed by atoms with Gasteiger partial charge in [0.05, 0.1) is 13.2 Å². The van der Waals surface area contributed by atoms with Crippen LogP contribution >= 0.6 is 0 Å². The fraction of sp³-hybridized carbons (Fsp3) is 0.294. The molecule has 3 rings (SSSR count). The first-order valence-electron chi connectivity index (χ1n) is 7.02. The third kappa shape index (κ3) is 3.43. The zero-order valence-corrected chi connectivity index (χ0v) is 12.1. The van der Waals surface area contributed by atoms with E-state index >= 15 is 0 Å². The minimum atomic E-state index is -0.832. The molecule has 0 aromatic heterocycles. The monoisotopic (exact) mass is 306 g/mol. The summed E-state index contributed by atoms with van der Waals surface area (Å²) in [6.07, 6.45) is 0.199. The smallest absolute Gasteiger partial charge is 0.189 e. The van der Waals surface area contributed by atoms with Crippen LogP contribution in [0.5, 0.6) is 5.75 Å². The number of rotatable bonds is 6. The molecule has 0 radical (unpaired) electrons. The van der Waals surface area contributed by atoms with Crippen molar-refractivity contribution in [2.75, 3.05) is 20.0 Å². The van der Waals surface area contributed by atoms with Crippen LogP contribution in [-0.4, -0.2) is 26.1 Å². The summed E-state index contributed by atoms with van der Waals surface area (Å²) in [6, 6.07) is 9.90. The molecule has 1 aliphatic rings. The Labute approximate surface area is 127 Å². The van der Waals surface area contributed by atoms with Crippen molar-refractivity contribution < 1.29 is 23.0 Å². The maximum Gasteiger partial charge on any atom is 0.189 e. The number of aryl methyl sites for hydroxylation is 1. The van der Waals surface area contributed by atoms with Gasteiger partial charge in [-0.1, -0.05) is 24.3 Å². The fourth-order valence-corrected chi connectivity index (χ4v) is 2.05. The molecule has 0 bridgehead atoms. The van der Waals surface area contributed by atoms with E-state index in [9.17, 15) is 8.78 Å². The second-order valence-electron chi connectivity index (χ2n) is 5.17. The van der Waals surface area contributed by atoms with Gasteiger partial charge in [0.1, 0.15) is 11.9 Å². The van der Waals surface area contributed by atoms with Crippen molar-refractivity contribution in [2.45, 2.75) is 13.0 Å². The molecule has 2 aromatic rings. The van der Waals surface area contributed by atoms with E-state index in [1.807, 2.05) is 0 Å². The van der Waals surface area contributed by atoms with Crippen LogP contribution < -0.4 is 4.74 Å². The van der Waals surface area contributed by atoms with E-state index in [1.54, 1.807) is 36.4 Å². The Bertz CT molecular complexity index is 652. The quantitative estimate of drug-likeness (QED) is 0.463. The molecule has 1 aliphatic heterocycles. The highest BCUT2D eigenvalue weighted by molar-refractivity contribution is 5.65. The lowest BCUT2D eigenvalue weighted by atomic mass is 10.0. The van der Waals surface area contributed by atoms with Gasteiger partial charge in [0, 0.05) is 5.56 Å². The number of benzene rings is 2. The van der Waals surface area contributed by atoms with Gasteiger partial charge in [-0.25, -0.2) is 8.78 Å². The van der Waals surface area contributed by atoms with E-state index in [2.05, 4.69) is 0 Å². The molecule has 1 heterocycles. The van der Waals surface area contributed by atoms with Crippen LogP contribution in [0.25, 0.3) is 11.1 Å². The zero-order chi connectivity index (χ0) is 15.5. The highest BCUT2D eigenvalue weighted by atomic mass is 19.2. The van der Waals surface area contributed by atoms with Gasteiger partial charge in [-0.15, -0.1) is 0 Å². The van der Waals surface area contributed by atoms with Crippen molar-refractivity contribution >= 4 is 0 Å². The van der Waals surface area contributed by atoms with Crippen LogP contribution in [0.4, 0.5) is 8.78 Å². The minimum Gasteiger partial charge on any atom is -0.468 e. The Morgan fingerprint density at radius 2 is 1.82 bits per heavy atom. The first-order valence-corrected chi connectivity index (χ1v) is 7.02. The molecule has 1 unspecified atom stereocenters. The van der Waals surface area contributed by atoms with Gasteiger partial charge < -0.3 is 14.2 Å². The van der Waals surface area contributed by atoms with Gasteiger partial charge in [-0.05, 0) is 30.2 Å². The molecule has 1 atom stereocenters. The summed E-state index contributed by atoms with van der Waals surface area (Å²) in [4.78, 5) is 0. The summed E-state index contributed by atoms with van der Waals surface area (Å²) in [5.74, 6) is -1.04. The molecular weight excluding hydrogens is 290 g/mol. The average molecular weight is 306 g/mol. The van der Waals surface area contributed by atoms with Gasteiger partial charge >= 0.3 is 0 Å². The SMILES string of the molecule is Cc1ccc(-c2ccc(OCOCC3CO3)cc2)c(F)c1F. The topological polar surface area (TPSA) is 31.0 Å². The van der Waals surface area contributed by atoms with E-state index in [4.69, 9.17) is 14.2 Å². The second-order valence-corrected chi connectivity index (χ2v) is 5.17. The van der Waals surface area contributed by atoms with Crippen molar-refractivity contribution in [3.63, 3.8) is 0 Å². The highest BCUT2D eigenvalue weighted by Gasteiger charge is 2.22. The maximum absolute atomic E-state index is 13.9. The molecule has 5 heteroatoms. The molecule has 116 valence electrons. The second kappa shape index (κ2) is 6.42. The van der Waals surface area contributed by atoms with E-state index in [0.29, 0.717) is 17.9 Å². The standard InChI is InChI=1S/C17H16F2O3/c1-11-2-7-15(17(19)16(11)18)12-3-5-13(6-4-12)22-10-20-8-14-9-21-14/h2-7,14H,8-10H2,1H3. The van der Waals surface area contributed by atoms with Crippen LogP contribution in [0.15, 0.2) is 36.4 Å². The largest absolute Gasteiger partial charge is 0.468 e. The Morgan fingerprint density at radius 1 is 1.09 bits per heavy atom. The Balaban J connectivity index is 1.64. The highest BCUT2D eigenvalue weighted by Crippen LogP contribution is 2.27. The summed E-state index contributed by atoms with van der Waals surface area (Å²) in [5, 5.41) is 0. The Morgan fingerprint density at radius 3 is 2.50 bits per heavy atom. The Kier molecular flexibility index (Phi) is 4.36. The van der Waals surface area contributed by atoms with Crippen molar-refractivity contribution in [1.29, 1.82) is 0 Å². The van der Waals surface area contributed by atoms with Gasteiger partial charge in [-0.3, -0.25) is 0 Å². The molecule has 1 fully saturated rings. The lowest BCUT2D eigenvalue weighted by Gasteiger charge is -2.09. The lowest BCUT2D eigenvalue weighted by molar-refractivity contribution is 0.00822. The summed E-state index contributed by atoms with van der Waals surface area (Å²) in [7, 11) is 0. The first kappa shape index (κ1) is 14.9. The van der Waals surface area contributed by atoms with E-state index in [-0.39, 0.29) is 24.0 Å². The fourth-order valence-electron chi connectivity index (χ4n) is 2.05. The van der Waals surface area contributed by atoms with Crippen molar-refractivity contribution in [1.82, 2.24) is 0 Å². The summed E-state index contributed by atoms with van der Waals surface area (Å²) < 4.78 is 43.2. The molecule has 3 nitrogen and oxygen atoms in total. The van der Waals surface area contributed by atoms with Gasteiger partial charge in [0.25, 0.3) is 0 Å². The molecular formula is C17H16F2O3. The van der Waals surface area contributed by atoms with Crippen molar-refractivity contribution in [3.8, 4) is 16.9 Å². The molecule has 0 aliphatic carbocycles. The number of hydrogen-bond donors (Lipinski definition) is 0. The van der Waals surface area contributed by atoms with Crippen LogP contribution in [0.1, 0.15) is 5.56 Å². The third-order valence-electron chi connectivity index (χ3n) is 3.46. The molecule has 22 heavy (non-hydrogen) atoms. The van der Waals surface area contributed by atoms with Crippen LogP contribution in [0, 0.1) is 18.6 Å². The van der Waals surface area contributed by atoms with Gasteiger partial charge in [-0.2, -0.15) is 0 Å². The van der Waals surface area contributed by atoms with Crippen LogP contribution in [-0.2, 0) is 9.47 Å². The zero-order valence-electron chi connectivity index (χ0n) is 12.1. The summed E-state index contributed by atoms with van der Waals surface area (Å²) in [6.45, 7) is 2.93. The first-order chi connectivity index (χ1) is 10.6. The number of epoxide rings is 1. The number of hydrogen-bond acceptors (Lipinski definition) is 3. The molecule has 0 amide bonds. The molecule has 0 saturated carbocycles. The summed E-state index contributed by atoms with van der Waals surface area (Å²) in [5.41, 5.74) is 1.12. The predicted molar refractivity (Wildman–Crippen MR) is 77.7 cm³/mol. The molecule has 0 spiro atoms. The van der Waals surface area contributed by atoms with Gasteiger partial charge in [0.15, 0.2) is 18.4 Å². The van der Waals surface area contributed by atoms with Crippen molar-refractivity contribution in [2.24, 2.45) is 0 Å². The molecule has 1 saturated heterocycles. The lowest BCUT2D eigenvalue weighted by Crippen LogP contribution is -2.07.